The molecule has 1 saturated heterocycles. The maximum absolute atomic E-state index is 3.86. The van der Waals surface area contributed by atoms with Crippen molar-refractivity contribution in [2.75, 3.05) is 13.1 Å². The summed E-state index contributed by atoms with van der Waals surface area (Å²) >= 11 is 0. The Bertz CT molecular complexity index is 277. The van der Waals surface area contributed by atoms with E-state index >= 15 is 0 Å². The highest BCUT2D eigenvalue weighted by atomic mass is 15.3. The van der Waals surface area contributed by atoms with E-state index in [2.05, 4.69) is 10.2 Å². The van der Waals surface area contributed by atoms with Crippen LogP contribution in [0.1, 0.15) is 51.4 Å². The van der Waals surface area contributed by atoms with E-state index in [1.54, 1.807) is 0 Å². The smallest absolute Gasteiger partial charge is 0.0252 e. The maximum atomic E-state index is 3.86. The van der Waals surface area contributed by atoms with E-state index < -0.39 is 0 Å². The summed E-state index contributed by atoms with van der Waals surface area (Å²) < 4.78 is 0. The molecule has 3 saturated carbocycles. The largest absolute Gasteiger partial charge is 0.311 e. The summed E-state index contributed by atoms with van der Waals surface area (Å²) in [5.41, 5.74) is 0. The van der Waals surface area contributed by atoms with Crippen LogP contribution in [0.4, 0.5) is 0 Å². The van der Waals surface area contributed by atoms with Crippen molar-refractivity contribution in [1.29, 1.82) is 0 Å². The van der Waals surface area contributed by atoms with E-state index in [1.807, 2.05) is 0 Å². The number of hydrogen-bond donors (Lipinski definition) is 1. The Morgan fingerprint density at radius 3 is 2.18 bits per heavy atom. The molecule has 1 heterocycles. The molecule has 96 valence electrons. The minimum Gasteiger partial charge on any atom is -0.311 e. The fourth-order valence-corrected chi connectivity index (χ4v) is 4.20. The molecule has 0 aromatic carbocycles. The number of nitrogens with one attached hydrogen (secondary N) is 1. The summed E-state index contributed by atoms with van der Waals surface area (Å²) in [5.74, 6) is 2.07. The molecule has 2 heteroatoms. The number of nitrogens with zero attached hydrogens (tertiary/aromatic N) is 1. The van der Waals surface area contributed by atoms with Gasteiger partial charge >= 0.3 is 0 Å². The molecule has 1 N–H and O–H groups in total. The second-order valence-electron chi connectivity index (χ2n) is 6.89. The van der Waals surface area contributed by atoms with Crippen molar-refractivity contribution in [2.24, 2.45) is 11.8 Å². The topological polar surface area (TPSA) is 15.3 Å². The third kappa shape index (κ3) is 2.15. The van der Waals surface area contributed by atoms with Crippen molar-refractivity contribution in [1.82, 2.24) is 10.2 Å². The van der Waals surface area contributed by atoms with Crippen molar-refractivity contribution >= 4 is 0 Å². The van der Waals surface area contributed by atoms with Gasteiger partial charge in [0.15, 0.2) is 0 Å². The van der Waals surface area contributed by atoms with Crippen LogP contribution in [0.5, 0.6) is 0 Å². The van der Waals surface area contributed by atoms with Gasteiger partial charge in [-0.1, -0.05) is 12.8 Å². The Hall–Kier alpha value is -0.0800. The van der Waals surface area contributed by atoms with E-state index in [0.717, 1.165) is 30.0 Å². The zero-order chi connectivity index (χ0) is 11.2. The molecule has 0 bridgehead atoms. The van der Waals surface area contributed by atoms with Crippen LogP contribution in [0.15, 0.2) is 0 Å². The van der Waals surface area contributed by atoms with Gasteiger partial charge in [-0.25, -0.2) is 0 Å². The standard InChI is InChI=1S/C15H26N2/c1-2-4-13(3-1)17-10-14(11-5-6-11)16-9-15(17)12-7-8-12/h11-16H,1-10H2. The molecular weight excluding hydrogens is 208 g/mol. The van der Waals surface area contributed by atoms with Gasteiger partial charge in [0.1, 0.15) is 0 Å². The van der Waals surface area contributed by atoms with E-state index in [0.29, 0.717) is 0 Å². The molecule has 2 atom stereocenters. The molecule has 0 radical (unpaired) electrons. The normalized spacial score (nSPS) is 40.9. The monoisotopic (exact) mass is 234 g/mol. The number of rotatable bonds is 3. The average Bonchev–Trinajstić information content (AvgIpc) is 3.27. The van der Waals surface area contributed by atoms with E-state index in [9.17, 15) is 0 Å². The third-order valence-electron chi connectivity index (χ3n) is 5.57. The quantitative estimate of drug-likeness (QED) is 0.806. The predicted octanol–water partition coefficient (Wildman–Crippen LogP) is 2.39. The fourth-order valence-electron chi connectivity index (χ4n) is 4.20. The van der Waals surface area contributed by atoms with Crippen molar-refractivity contribution in [3.63, 3.8) is 0 Å². The first-order valence-electron chi connectivity index (χ1n) is 7.91. The van der Waals surface area contributed by atoms with Gasteiger partial charge in [0.05, 0.1) is 0 Å². The zero-order valence-electron chi connectivity index (χ0n) is 10.9. The lowest BCUT2D eigenvalue weighted by atomic mass is 9.99. The van der Waals surface area contributed by atoms with Crippen LogP contribution < -0.4 is 5.32 Å². The Morgan fingerprint density at radius 2 is 1.53 bits per heavy atom. The molecule has 0 aromatic heterocycles. The van der Waals surface area contributed by atoms with Gasteiger partial charge in [0.2, 0.25) is 0 Å². The van der Waals surface area contributed by atoms with Crippen LogP contribution in [-0.4, -0.2) is 36.1 Å². The Balaban J connectivity index is 1.47. The second-order valence-corrected chi connectivity index (χ2v) is 6.89. The Labute approximate surface area is 105 Å². The summed E-state index contributed by atoms with van der Waals surface area (Å²) in [7, 11) is 0. The minimum atomic E-state index is 0.839. The number of hydrogen-bond acceptors (Lipinski definition) is 2. The molecule has 4 aliphatic rings. The van der Waals surface area contributed by atoms with Gasteiger partial charge in [-0.3, -0.25) is 4.90 Å². The van der Waals surface area contributed by atoms with Crippen LogP contribution in [-0.2, 0) is 0 Å². The summed E-state index contributed by atoms with van der Waals surface area (Å²) in [6.45, 7) is 2.67. The van der Waals surface area contributed by atoms with Crippen LogP contribution in [0.2, 0.25) is 0 Å². The van der Waals surface area contributed by atoms with Crippen LogP contribution >= 0.6 is 0 Å². The molecule has 1 aliphatic heterocycles. The van der Waals surface area contributed by atoms with E-state index in [-0.39, 0.29) is 0 Å². The molecule has 2 nitrogen and oxygen atoms in total. The maximum Gasteiger partial charge on any atom is 0.0252 e. The second kappa shape index (κ2) is 4.24. The zero-order valence-corrected chi connectivity index (χ0v) is 10.9. The van der Waals surface area contributed by atoms with Crippen LogP contribution in [0.3, 0.4) is 0 Å². The van der Waals surface area contributed by atoms with Crippen molar-refractivity contribution in [2.45, 2.75) is 69.5 Å². The minimum absolute atomic E-state index is 0.839. The van der Waals surface area contributed by atoms with Gasteiger partial charge < -0.3 is 5.32 Å². The van der Waals surface area contributed by atoms with Gasteiger partial charge in [-0.15, -0.1) is 0 Å². The molecular formula is C15H26N2. The summed E-state index contributed by atoms with van der Waals surface area (Å²) in [6.07, 6.45) is 11.9. The highest BCUT2D eigenvalue weighted by Crippen LogP contribution is 2.41. The molecule has 2 unspecified atom stereocenters. The van der Waals surface area contributed by atoms with Crippen molar-refractivity contribution < 1.29 is 0 Å². The first kappa shape index (κ1) is 10.8. The Morgan fingerprint density at radius 1 is 0.824 bits per heavy atom. The number of piperazine rings is 1. The lowest BCUT2D eigenvalue weighted by molar-refractivity contribution is 0.0658. The molecule has 0 spiro atoms. The molecule has 4 fully saturated rings. The third-order valence-corrected chi connectivity index (χ3v) is 5.57. The molecule has 3 aliphatic carbocycles. The first-order chi connectivity index (χ1) is 8.42. The van der Waals surface area contributed by atoms with E-state index in [4.69, 9.17) is 0 Å². The summed E-state index contributed by atoms with van der Waals surface area (Å²) in [4.78, 5) is 2.95. The molecule has 17 heavy (non-hydrogen) atoms. The first-order valence-corrected chi connectivity index (χ1v) is 7.91. The fraction of sp³-hybridized carbons (Fsp3) is 1.00. The average molecular weight is 234 g/mol. The molecule has 4 rings (SSSR count). The highest BCUT2D eigenvalue weighted by Gasteiger charge is 2.44. The van der Waals surface area contributed by atoms with Gasteiger partial charge in [-0.05, 0) is 50.4 Å². The van der Waals surface area contributed by atoms with Gasteiger partial charge in [0, 0.05) is 31.2 Å². The lowest BCUT2D eigenvalue weighted by Crippen LogP contribution is -2.60. The predicted molar refractivity (Wildman–Crippen MR) is 70.0 cm³/mol. The van der Waals surface area contributed by atoms with E-state index in [1.165, 1.54) is 64.5 Å². The lowest BCUT2D eigenvalue weighted by Gasteiger charge is -2.44. The Kier molecular flexibility index (Phi) is 2.69. The SMILES string of the molecule is C1CCC(N2CC(C3CC3)NCC2C2CC2)C1. The van der Waals surface area contributed by atoms with Gasteiger partial charge in [-0.2, -0.15) is 0 Å². The summed E-state index contributed by atoms with van der Waals surface area (Å²) in [5, 5.41) is 3.86. The van der Waals surface area contributed by atoms with Crippen LogP contribution in [0.25, 0.3) is 0 Å². The summed E-state index contributed by atoms with van der Waals surface area (Å²) in [6, 6.07) is 2.68. The molecule has 0 amide bonds. The highest BCUT2D eigenvalue weighted by molar-refractivity contribution is 5.01. The van der Waals surface area contributed by atoms with Crippen LogP contribution in [0, 0.1) is 11.8 Å². The van der Waals surface area contributed by atoms with Gasteiger partial charge in [0.25, 0.3) is 0 Å². The molecule has 0 aromatic rings. The van der Waals surface area contributed by atoms with Crippen molar-refractivity contribution in [3.05, 3.63) is 0 Å². The van der Waals surface area contributed by atoms with Crippen molar-refractivity contribution in [3.8, 4) is 0 Å².